The summed E-state index contributed by atoms with van der Waals surface area (Å²) in [6.07, 6.45) is 9.20. The molecule has 2 aliphatic rings. The van der Waals surface area contributed by atoms with Crippen molar-refractivity contribution >= 4 is 0 Å². The van der Waals surface area contributed by atoms with Gasteiger partial charge in [-0.15, -0.1) is 0 Å². The van der Waals surface area contributed by atoms with E-state index in [1.165, 1.54) is 36.8 Å². The van der Waals surface area contributed by atoms with Crippen LogP contribution in [0.3, 0.4) is 0 Å². The Morgan fingerprint density at radius 3 is 2.58 bits per heavy atom. The summed E-state index contributed by atoms with van der Waals surface area (Å²) in [5, 5.41) is 3.84. The monoisotopic (exact) mass is 352 g/mol. The fourth-order valence-electron chi connectivity index (χ4n) is 5.00. The lowest BCUT2D eigenvalue weighted by molar-refractivity contribution is 0.0253. The predicted octanol–water partition coefficient (Wildman–Crippen LogP) is 4.16. The van der Waals surface area contributed by atoms with Crippen molar-refractivity contribution in [2.75, 3.05) is 14.2 Å². The van der Waals surface area contributed by atoms with E-state index in [9.17, 15) is 0 Å². The zero-order valence-corrected chi connectivity index (χ0v) is 15.7. The van der Waals surface area contributed by atoms with Gasteiger partial charge in [0.05, 0.1) is 14.2 Å². The average molecular weight is 352 g/mol. The molecule has 1 N–H and O–H groups in total. The van der Waals surface area contributed by atoms with Crippen LogP contribution in [0.15, 0.2) is 42.7 Å². The van der Waals surface area contributed by atoms with Gasteiger partial charge >= 0.3 is 0 Å². The van der Waals surface area contributed by atoms with Crippen molar-refractivity contribution in [1.82, 2.24) is 10.3 Å². The van der Waals surface area contributed by atoms with Crippen LogP contribution in [0.4, 0.5) is 0 Å². The first-order valence-corrected chi connectivity index (χ1v) is 9.66. The minimum Gasteiger partial charge on any atom is -0.493 e. The lowest BCUT2D eigenvalue weighted by Crippen LogP contribution is -2.57. The Kier molecular flexibility index (Phi) is 5.11. The third kappa shape index (κ3) is 3.18. The highest BCUT2D eigenvalue weighted by Crippen LogP contribution is 2.55. The average Bonchev–Trinajstić information content (AvgIpc) is 2.69. The molecule has 0 bridgehead atoms. The van der Waals surface area contributed by atoms with Gasteiger partial charge in [-0.1, -0.05) is 25.0 Å². The maximum atomic E-state index is 5.54. The molecule has 0 radical (unpaired) electrons. The van der Waals surface area contributed by atoms with Gasteiger partial charge in [-0.25, -0.2) is 0 Å². The van der Waals surface area contributed by atoms with E-state index in [4.69, 9.17) is 9.47 Å². The molecule has 4 nitrogen and oxygen atoms in total. The molecule has 0 aliphatic heterocycles. The Hall–Kier alpha value is -2.07. The number of rotatable bonds is 6. The van der Waals surface area contributed by atoms with Crippen molar-refractivity contribution in [2.24, 2.45) is 11.8 Å². The summed E-state index contributed by atoms with van der Waals surface area (Å²) < 4.78 is 11.0. The van der Waals surface area contributed by atoms with Crippen LogP contribution in [0.1, 0.15) is 42.7 Å². The standard InChI is InChI=1S/C22H28N2O2/c1-25-19-10-9-16(12-20(19)26-2)21-17-7-3-4-8-18(17)22(21)24-14-15-6-5-11-23-13-15/h5-6,9-13,17-18,21-22,24H,3-4,7-8,14H2,1-2H3/t17-,18+,21+,22+/m1/s1. The number of benzene rings is 1. The largest absolute Gasteiger partial charge is 0.493 e. The zero-order chi connectivity index (χ0) is 17.9. The van der Waals surface area contributed by atoms with E-state index < -0.39 is 0 Å². The summed E-state index contributed by atoms with van der Waals surface area (Å²) in [6.45, 7) is 0.880. The van der Waals surface area contributed by atoms with E-state index in [0.29, 0.717) is 12.0 Å². The molecule has 4 heteroatoms. The van der Waals surface area contributed by atoms with Crippen molar-refractivity contribution in [1.29, 1.82) is 0 Å². The maximum absolute atomic E-state index is 5.54. The maximum Gasteiger partial charge on any atom is 0.160 e. The number of aromatic nitrogens is 1. The molecule has 2 aromatic rings. The molecular weight excluding hydrogens is 324 g/mol. The highest BCUT2D eigenvalue weighted by atomic mass is 16.5. The highest BCUT2D eigenvalue weighted by molar-refractivity contribution is 5.45. The van der Waals surface area contributed by atoms with Gasteiger partial charge in [0, 0.05) is 30.9 Å². The van der Waals surface area contributed by atoms with Crippen LogP contribution >= 0.6 is 0 Å². The Balaban J connectivity index is 1.55. The van der Waals surface area contributed by atoms with E-state index in [2.05, 4.69) is 28.5 Å². The van der Waals surface area contributed by atoms with Crippen LogP contribution in [0.2, 0.25) is 0 Å². The third-order valence-electron chi connectivity index (χ3n) is 6.24. The number of fused-ring (bicyclic) bond motifs is 1. The number of ether oxygens (including phenoxy) is 2. The van der Waals surface area contributed by atoms with Crippen molar-refractivity contribution in [2.45, 2.75) is 44.2 Å². The minimum absolute atomic E-state index is 0.526. The number of nitrogens with zero attached hydrogens (tertiary/aromatic N) is 1. The number of methoxy groups -OCH3 is 2. The van der Waals surface area contributed by atoms with E-state index in [0.717, 1.165) is 29.9 Å². The Labute approximate surface area is 155 Å². The lowest BCUT2D eigenvalue weighted by Gasteiger charge is -2.55. The van der Waals surface area contributed by atoms with Crippen molar-refractivity contribution in [3.05, 3.63) is 53.9 Å². The smallest absolute Gasteiger partial charge is 0.160 e. The Morgan fingerprint density at radius 1 is 1.04 bits per heavy atom. The van der Waals surface area contributed by atoms with Crippen LogP contribution in [0.25, 0.3) is 0 Å². The predicted molar refractivity (Wildman–Crippen MR) is 103 cm³/mol. The number of hydrogen-bond acceptors (Lipinski definition) is 4. The summed E-state index contributed by atoms with van der Waals surface area (Å²) in [4.78, 5) is 4.24. The van der Waals surface area contributed by atoms with Crippen molar-refractivity contribution in [3.63, 3.8) is 0 Å². The highest BCUT2D eigenvalue weighted by Gasteiger charge is 2.51. The molecule has 0 amide bonds. The second-order valence-electron chi connectivity index (χ2n) is 7.52. The lowest BCUT2D eigenvalue weighted by atomic mass is 9.53. The first-order valence-electron chi connectivity index (χ1n) is 9.66. The second kappa shape index (κ2) is 7.67. The van der Waals surface area contributed by atoms with Crippen LogP contribution < -0.4 is 14.8 Å². The van der Waals surface area contributed by atoms with Crippen LogP contribution in [-0.4, -0.2) is 25.2 Å². The first-order chi connectivity index (χ1) is 12.8. The molecule has 2 saturated carbocycles. The minimum atomic E-state index is 0.526. The van der Waals surface area contributed by atoms with Gasteiger partial charge in [0.1, 0.15) is 0 Å². The van der Waals surface area contributed by atoms with Gasteiger partial charge in [0.15, 0.2) is 11.5 Å². The third-order valence-corrected chi connectivity index (χ3v) is 6.24. The fourth-order valence-corrected chi connectivity index (χ4v) is 5.00. The van der Waals surface area contributed by atoms with Crippen LogP contribution in [0, 0.1) is 11.8 Å². The molecule has 26 heavy (non-hydrogen) atoms. The SMILES string of the molecule is COc1ccc([C@H]2[C@@H]3CCCC[C@@H]3[C@@H]2NCc2cccnc2)cc1OC. The van der Waals surface area contributed by atoms with Gasteiger partial charge in [-0.3, -0.25) is 4.98 Å². The molecule has 1 aromatic heterocycles. The topological polar surface area (TPSA) is 43.4 Å². The molecule has 1 heterocycles. The number of nitrogens with one attached hydrogen (secondary N) is 1. The molecule has 138 valence electrons. The zero-order valence-electron chi connectivity index (χ0n) is 15.7. The van der Waals surface area contributed by atoms with E-state index in [1.54, 1.807) is 14.2 Å². The van der Waals surface area contributed by atoms with E-state index >= 15 is 0 Å². The molecule has 2 aliphatic carbocycles. The van der Waals surface area contributed by atoms with Gasteiger partial charge in [-0.05, 0) is 54.0 Å². The van der Waals surface area contributed by atoms with Gasteiger partial charge in [-0.2, -0.15) is 0 Å². The second-order valence-corrected chi connectivity index (χ2v) is 7.52. The Bertz CT molecular complexity index is 734. The Morgan fingerprint density at radius 2 is 1.85 bits per heavy atom. The fraction of sp³-hybridized carbons (Fsp3) is 0.500. The first kappa shape index (κ1) is 17.3. The number of pyridine rings is 1. The van der Waals surface area contributed by atoms with Gasteiger partial charge in [0.25, 0.3) is 0 Å². The van der Waals surface area contributed by atoms with Crippen LogP contribution in [-0.2, 0) is 6.54 Å². The molecule has 4 atom stereocenters. The molecule has 4 rings (SSSR count). The summed E-state index contributed by atoms with van der Waals surface area (Å²) in [5.74, 6) is 3.76. The summed E-state index contributed by atoms with van der Waals surface area (Å²) in [6, 6.07) is 11.1. The van der Waals surface area contributed by atoms with Gasteiger partial charge in [0.2, 0.25) is 0 Å². The molecular formula is C22H28N2O2. The van der Waals surface area contributed by atoms with Gasteiger partial charge < -0.3 is 14.8 Å². The molecule has 1 aromatic carbocycles. The molecule has 0 spiro atoms. The molecule has 2 fully saturated rings. The summed E-state index contributed by atoms with van der Waals surface area (Å²) in [7, 11) is 3.40. The quantitative estimate of drug-likeness (QED) is 0.848. The van der Waals surface area contributed by atoms with Crippen molar-refractivity contribution < 1.29 is 9.47 Å². The van der Waals surface area contributed by atoms with Crippen LogP contribution in [0.5, 0.6) is 11.5 Å². The number of hydrogen-bond donors (Lipinski definition) is 1. The molecule has 0 unspecified atom stereocenters. The van der Waals surface area contributed by atoms with E-state index in [-0.39, 0.29) is 0 Å². The normalized spacial score (nSPS) is 27.3. The molecule has 0 saturated heterocycles. The summed E-state index contributed by atoms with van der Waals surface area (Å²) in [5.41, 5.74) is 2.62. The van der Waals surface area contributed by atoms with Crippen molar-refractivity contribution in [3.8, 4) is 11.5 Å². The summed E-state index contributed by atoms with van der Waals surface area (Å²) >= 11 is 0. The van der Waals surface area contributed by atoms with E-state index in [1.807, 2.05) is 24.5 Å².